The Balaban J connectivity index is 1.66. The number of hydrogen-bond acceptors (Lipinski definition) is 2. The zero-order valence-electron chi connectivity index (χ0n) is 14.4. The van der Waals surface area contributed by atoms with Crippen LogP contribution in [0.4, 0.5) is 4.39 Å². The van der Waals surface area contributed by atoms with Gasteiger partial charge in [-0.2, -0.15) is 0 Å². The summed E-state index contributed by atoms with van der Waals surface area (Å²) in [5.74, 6) is -0.418. The Labute approximate surface area is 157 Å². The summed E-state index contributed by atoms with van der Waals surface area (Å²) in [5.41, 5.74) is 1.71. The molecular formula is C21H21ClFNO2. The van der Waals surface area contributed by atoms with Crippen molar-refractivity contribution < 1.29 is 13.9 Å². The molecule has 1 N–H and O–H groups in total. The molecule has 1 saturated heterocycles. The number of rotatable bonds is 5. The molecule has 5 heteroatoms. The lowest BCUT2D eigenvalue weighted by Gasteiger charge is -2.37. The van der Waals surface area contributed by atoms with E-state index in [0.29, 0.717) is 24.8 Å². The van der Waals surface area contributed by atoms with Crippen LogP contribution in [0.5, 0.6) is 0 Å². The van der Waals surface area contributed by atoms with Crippen LogP contribution in [0.2, 0.25) is 5.02 Å². The number of nitrogens with one attached hydrogen (secondary N) is 1. The second-order valence-corrected chi connectivity index (χ2v) is 6.94. The summed E-state index contributed by atoms with van der Waals surface area (Å²) in [6, 6.07) is 13.8. The van der Waals surface area contributed by atoms with Gasteiger partial charge < -0.3 is 10.1 Å². The highest BCUT2D eigenvalue weighted by Crippen LogP contribution is 2.34. The second kappa shape index (κ2) is 8.47. The summed E-state index contributed by atoms with van der Waals surface area (Å²) < 4.78 is 18.7. The van der Waals surface area contributed by atoms with Crippen LogP contribution in [-0.2, 0) is 14.9 Å². The average Bonchev–Trinajstić information content (AvgIpc) is 2.67. The lowest BCUT2D eigenvalue weighted by atomic mass is 9.74. The summed E-state index contributed by atoms with van der Waals surface area (Å²) in [7, 11) is 0. The molecule has 0 saturated carbocycles. The Morgan fingerprint density at radius 2 is 1.77 bits per heavy atom. The highest BCUT2D eigenvalue weighted by molar-refractivity contribution is 6.30. The minimum absolute atomic E-state index is 0.159. The van der Waals surface area contributed by atoms with Gasteiger partial charge in [-0.1, -0.05) is 35.9 Å². The van der Waals surface area contributed by atoms with Gasteiger partial charge in [-0.15, -0.1) is 0 Å². The van der Waals surface area contributed by atoms with Crippen LogP contribution >= 0.6 is 11.6 Å². The van der Waals surface area contributed by atoms with Crippen molar-refractivity contribution >= 4 is 23.6 Å². The maximum absolute atomic E-state index is 13.3. The van der Waals surface area contributed by atoms with E-state index in [1.54, 1.807) is 30.3 Å². The molecule has 2 aromatic rings. The minimum atomic E-state index is -0.258. The summed E-state index contributed by atoms with van der Waals surface area (Å²) in [4.78, 5) is 12.2. The lowest BCUT2D eigenvalue weighted by molar-refractivity contribution is -0.116. The normalized spacial score (nSPS) is 16.5. The third-order valence-electron chi connectivity index (χ3n) is 4.80. The summed E-state index contributed by atoms with van der Waals surface area (Å²) in [6.07, 6.45) is 4.85. The van der Waals surface area contributed by atoms with Gasteiger partial charge in [-0.25, -0.2) is 4.39 Å². The van der Waals surface area contributed by atoms with Gasteiger partial charge in [0, 0.05) is 36.3 Å². The fourth-order valence-electron chi connectivity index (χ4n) is 3.19. The molecule has 1 aliphatic rings. The van der Waals surface area contributed by atoms with Crippen LogP contribution in [-0.4, -0.2) is 25.7 Å². The van der Waals surface area contributed by atoms with Crippen molar-refractivity contribution in [2.75, 3.05) is 19.8 Å². The first-order valence-electron chi connectivity index (χ1n) is 8.63. The quantitative estimate of drug-likeness (QED) is 0.791. The van der Waals surface area contributed by atoms with Gasteiger partial charge in [0.1, 0.15) is 5.82 Å². The van der Waals surface area contributed by atoms with Gasteiger partial charge in [0.2, 0.25) is 5.91 Å². The molecule has 0 aromatic heterocycles. The van der Waals surface area contributed by atoms with E-state index in [1.807, 2.05) is 12.1 Å². The van der Waals surface area contributed by atoms with Gasteiger partial charge >= 0.3 is 0 Å². The minimum Gasteiger partial charge on any atom is -0.381 e. The zero-order valence-corrected chi connectivity index (χ0v) is 15.1. The monoisotopic (exact) mass is 373 g/mol. The van der Waals surface area contributed by atoms with Crippen molar-refractivity contribution in [1.82, 2.24) is 5.32 Å². The van der Waals surface area contributed by atoms with Gasteiger partial charge in [-0.05, 0) is 54.3 Å². The zero-order chi connectivity index (χ0) is 18.4. The molecule has 3 rings (SSSR count). The van der Waals surface area contributed by atoms with E-state index in [9.17, 15) is 9.18 Å². The largest absolute Gasteiger partial charge is 0.381 e. The van der Waals surface area contributed by atoms with E-state index in [0.717, 1.165) is 24.0 Å². The predicted molar refractivity (Wildman–Crippen MR) is 102 cm³/mol. The van der Waals surface area contributed by atoms with Gasteiger partial charge in [0.05, 0.1) is 0 Å². The van der Waals surface area contributed by atoms with Gasteiger partial charge in [0.25, 0.3) is 0 Å². The summed E-state index contributed by atoms with van der Waals surface area (Å²) in [5, 5.41) is 3.65. The van der Waals surface area contributed by atoms with Crippen LogP contribution in [0.3, 0.4) is 0 Å². The first-order chi connectivity index (χ1) is 12.6. The lowest BCUT2D eigenvalue weighted by Crippen LogP contribution is -2.44. The topological polar surface area (TPSA) is 38.3 Å². The number of benzene rings is 2. The van der Waals surface area contributed by atoms with Crippen LogP contribution < -0.4 is 5.32 Å². The highest BCUT2D eigenvalue weighted by Gasteiger charge is 2.34. The Kier molecular flexibility index (Phi) is 6.07. The highest BCUT2D eigenvalue weighted by atomic mass is 35.5. The van der Waals surface area contributed by atoms with Crippen LogP contribution in [0, 0.1) is 5.82 Å². The van der Waals surface area contributed by atoms with E-state index in [2.05, 4.69) is 5.32 Å². The second-order valence-electron chi connectivity index (χ2n) is 6.50. The molecule has 0 radical (unpaired) electrons. The first kappa shape index (κ1) is 18.6. The number of halogens is 2. The molecule has 0 spiro atoms. The third-order valence-corrected chi connectivity index (χ3v) is 5.06. The van der Waals surface area contributed by atoms with Gasteiger partial charge in [0.15, 0.2) is 0 Å². The number of carbonyl (C=O) groups excluding carboxylic acids is 1. The number of amides is 1. The molecule has 2 aromatic carbocycles. The van der Waals surface area contributed by atoms with Crippen molar-refractivity contribution in [2.45, 2.75) is 18.3 Å². The number of hydrogen-bond donors (Lipinski definition) is 1. The molecule has 1 heterocycles. The SMILES string of the molecule is O=C(C=Cc1ccc(Cl)cc1)NCC1(c2ccc(F)cc2)CCOCC1. The standard InChI is InChI=1S/C21H21ClFNO2/c22-18-6-1-16(2-7-18)3-10-20(25)24-15-21(11-13-26-14-12-21)17-4-8-19(23)9-5-17/h1-10H,11-15H2,(H,24,25). The molecule has 1 amide bonds. The molecule has 136 valence electrons. The molecule has 26 heavy (non-hydrogen) atoms. The molecule has 0 atom stereocenters. The van der Waals surface area contributed by atoms with E-state index in [1.165, 1.54) is 18.2 Å². The van der Waals surface area contributed by atoms with Crippen molar-refractivity contribution in [1.29, 1.82) is 0 Å². The maximum Gasteiger partial charge on any atom is 0.244 e. The molecule has 1 fully saturated rings. The van der Waals surface area contributed by atoms with Crippen molar-refractivity contribution in [2.24, 2.45) is 0 Å². The smallest absolute Gasteiger partial charge is 0.244 e. The molecule has 0 aliphatic carbocycles. The van der Waals surface area contributed by atoms with Crippen LogP contribution in [0.1, 0.15) is 24.0 Å². The maximum atomic E-state index is 13.3. The molecular weight excluding hydrogens is 353 g/mol. The molecule has 3 nitrogen and oxygen atoms in total. The van der Waals surface area contributed by atoms with E-state index in [4.69, 9.17) is 16.3 Å². The summed E-state index contributed by atoms with van der Waals surface area (Å²) >= 11 is 5.86. The fraction of sp³-hybridized carbons (Fsp3) is 0.286. The molecule has 0 unspecified atom stereocenters. The van der Waals surface area contributed by atoms with Gasteiger partial charge in [-0.3, -0.25) is 4.79 Å². The first-order valence-corrected chi connectivity index (χ1v) is 9.01. The summed E-state index contributed by atoms with van der Waals surface area (Å²) in [6.45, 7) is 1.76. The average molecular weight is 374 g/mol. The van der Waals surface area contributed by atoms with E-state index >= 15 is 0 Å². The Hall–Kier alpha value is -2.17. The number of ether oxygens (including phenoxy) is 1. The van der Waals surface area contributed by atoms with Crippen LogP contribution in [0.15, 0.2) is 54.6 Å². The van der Waals surface area contributed by atoms with E-state index in [-0.39, 0.29) is 17.1 Å². The predicted octanol–water partition coefficient (Wildman–Crippen LogP) is 4.36. The molecule has 1 aliphatic heterocycles. The van der Waals surface area contributed by atoms with Crippen LogP contribution in [0.25, 0.3) is 6.08 Å². The Bertz CT molecular complexity index is 766. The Morgan fingerprint density at radius 1 is 1.12 bits per heavy atom. The Morgan fingerprint density at radius 3 is 2.42 bits per heavy atom. The van der Waals surface area contributed by atoms with E-state index < -0.39 is 0 Å². The fourth-order valence-corrected chi connectivity index (χ4v) is 3.32. The van der Waals surface area contributed by atoms with Crippen molar-refractivity contribution in [3.05, 3.63) is 76.6 Å². The third kappa shape index (κ3) is 4.71. The van der Waals surface area contributed by atoms with Crippen molar-refractivity contribution in [3.63, 3.8) is 0 Å². The number of carbonyl (C=O) groups is 1. The van der Waals surface area contributed by atoms with Crippen molar-refractivity contribution in [3.8, 4) is 0 Å². The molecule has 0 bridgehead atoms.